The predicted molar refractivity (Wildman–Crippen MR) is 146 cm³/mol. The molecule has 40 heavy (non-hydrogen) atoms. The molecule has 1 fully saturated rings. The number of amides is 1. The molecule has 1 aliphatic carbocycles. The lowest BCUT2D eigenvalue weighted by Crippen LogP contribution is -2.44. The fourth-order valence-electron chi connectivity index (χ4n) is 5.23. The van der Waals surface area contributed by atoms with E-state index < -0.39 is 17.2 Å². The quantitative estimate of drug-likeness (QED) is 0.449. The molecule has 0 saturated heterocycles. The van der Waals surface area contributed by atoms with Gasteiger partial charge in [0.2, 0.25) is 5.95 Å². The third-order valence-corrected chi connectivity index (χ3v) is 7.38. The monoisotopic (exact) mass is 550 g/mol. The molecule has 0 atom stereocenters. The number of aromatic nitrogens is 3. The highest BCUT2D eigenvalue weighted by atomic mass is 19.1. The highest BCUT2D eigenvalue weighted by Gasteiger charge is 2.32. The van der Waals surface area contributed by atoms with Crippen LogP contribution in [0.2, 0.25) is 0 Å². The number of nitrogens with zero attached hydrogens (tertiary/aromatic N) is 5. The highest BCUT2D eigenvalue weighted by molar-refractivity contribution is 5.73. The molecule has 0 bridgehead atoms. The number of anilines is 3. The van der Waals surface area contributed by atoms with E-state index >= 15 is 4.39 Å². The van der Waals surface area contributed by atoms with Crippen molar-refractivity contribution in [2.75, 3.05) is 29.9 Å². The Labute approximate surface area is 231 Å². The number of rotatable bonds is 4. The summed E-state index contributed by atoms with van der Waals surface area (Å²) in [6.07, 6.45) is 4.52. The molecule has 1 aromatic carbocycles. The molecule has 2 aliphatic heterocycles. The van der Waals surface area contributed by atoms with Crippen LogP contribution in [-0.2, 0) is 17.7 Å². The summed E-state index contributed by atoms with van der Waals surface area (Å²) in [5.41, 5.74) is 2.15. The maximum Gasteiger partial charge on any atom is 0.410 e. The molecular formula is C29H32F2N6O3. The van der Waals surface area contributed by atoms with Gasteiger partial charge >= 0.3 is 6.09 Å². The van der Waals surface area contributed by atoms with Crippen LogP contribution >= 0.6 is 0 Å². The molecule has 0 unspecified atom stereocenters. The van der Waals surface area contributed by atoms with E-state index in [1.807, 2.05) is 26.8 Å². The van der Waals surface area contributed by atoms with Gasteiger partial charge in [-0.2, -0.15) is 0 Å². The number of fused-ring (bicyclic) bond motifs is 2. The van der Waals surface area contributed by atoms with Crippen LogP contribution in [0.1, 0.15) is 51.3 Å². The molecule has 9 nitrogen and oxygen atoms in total. The first-order valence-electron chi connectivity index (χ1n) is 13.6. The van der Waals surface area contributed by atoms with Gasteiger partial charge < -0.3 is 24.6 Å². The molecule has 3 aromatic rings. The molecule has 210 valence electrons. The number of carbonyl (C=O) groups excluding carboxylic acids is 1. The SMILES string of the molecule is CC(C)(C)OC(=O)N1CCc2nc(Nc3ncc(F)c(-c4cc(F)c5c(c4)N(C4CCC4)CCO5)n3)ccc2C1. The summed E-state index contributed by atoms with van der Waals surface area (Å²) in [7, 11) is 0. The Bertz CT molecular complexity index is 1460. The fourth-order valence-corrected chi connectivity index (χ4v) is 5.23. The van der Waals surface area contributed by atoms with Crippen molar-refractivity contribution in [1.29, 1.82) is 0 Å². The van der Waals surface area contributed by atoms with Crippen molar-refractivity contribution in [3.8, 4) is 17.0 Å². The summed E-state index contributed by atoms with van der Waals surface area (Å²) in [5, 5.41) is 3.04. The molecule has 4 heterocycles. The predicted octanol–water partition coefficient (Wildman–Crippen LogP) is 5.60. The number of nitrogens with one attached hydrogen (secondary N) is 1. The van der Waals surface area contributed by atoms with Crippen LogP contribution < -0.4 is 15.0 Å². The first kappa shape index (κ1) is 26.2. The zero-order chi connectivity index (χ0) is 28.0. The number of hydrogen-bond acceptors (Lipinski definition) is 8. The van der Waals surface area contributed by atoms with Crippen LogP contribution in [0, 0.1) is 11.6 Å². The summed E-state index contributed by atoms with van der Waals surface area (Å²) in [6, 6.07) is 7.00. The topological polar surface area (TPSA) is 92.7 Å². The third-order valence-electron chi connectivity index (χ3n) is 7.38. The molecule has 0 radical (unpaired) electrons. The van der Waals surface area contributed by atoms with Crippen LogP contribution in [-0.4, -0.2) is 57.3 Å². The number of pyridine rings is 1. The Hall–Kier alpha value is -4.02. The summed E-state index contributed by atoms with van der Waals surface area (Å²) < 4.78 is 41.2. The Morgan fingerprint density at radius 2 is 1.95 bits per heavy atom. The van der Waals surface area contributed by atoms with Crippen LogP contribution in [0.4, 0.5) is 31.0 Å². The zero-order valence-corrected chi connectivity index (χ0v) is 22.8. The van der Waals surface area contributed by atoms with Crippen molar-refractivity contribution >= 4 is 23.5 Å². The molecule has 6 rings (SSSR count). The lowest BCUT2D eigenvalue weighted by molar-refractivity contribution is 0.0223. The van der Waals surface area contributed by atoms with Gasteiger partial charge in [0.05, 0.1) is 25.0 Å². The fraction of sp³-hybridized carbons (Fsp3) is 0.448. The Kier molecular flexibility index (Phi) is 6.67. The van der Waals surface area contributed by atoms with Gasteiger partial charge in [-0.1, -0.05) is 6.07 Å². The third kappa shape index (κ3) is 5.24. The average molecular weight is 551 g/mol. The van der Waals surface area contributed by atoms with Crippen molar-refractivity contribution in [2.24, 2.45) is 0 Å². The lowest BCUT2D eigenvalue weighted by atomic mass is 9.90. The Morgan fingerprint density at radius 3 is 2.70 bits per heavy atom. The minimum absolute atomic E-state index is 0.00991. The summed E-state index contributed by atoms with van der Waals surface area (Å²) in [4.78, 5) is 29.4. The van der Waals surface area contributed by atoms with Gasteiger partial charge in [-0.15, -0.1) is 0 Å². The highest BCUT2D eigenvalue weighted by Crippen LogP contribution is 2.42. The van der Waals surface area contributed by atoms with Crippen molar-refractivity contribution in [2.45, 2.75) is 64.6 Å². The van der Waals surface area contributed by atoms with Crippen molar-refractivity contribution in [3.05, 3.63) is 53.4 Å². The van der Waals surface area contributed by atoms with Gasteiger partial charge in [0, 0.05) is 30.3 Å². The summed E-state index contributed by atoms with van der Waals surface area (Å²) in [6.45, 7) is 7.49. The smallest absolute Gasteiger partial charge is 0.410 e. The zero-order valence-electron chi connectivity index (χ0n) is 22.8. The minimum atomic E-state index is -0.655. The van der Waals surface area contributed by atoms with E-state index in [2.05, 4.69) is 25.2 Å². The van der Waals surface area contributed by atoms with E-state index in [1.54, 1.807) is 17.0 Å². The molecule has 11 heteroatoms. The second-order valence-electron chi connectivity index (χ2n) is 11.4. The summed E-state index contributed by atoms with van der Waals surface area (Å²) >= 11 is 0. The van der Waals surface area contributed by atoms with Crippen molar-refractivity contribution in [3.63, 3.8) is 0 Å². The van der Waals surface area contributed by atoms with Gasteiger partial charge in [0.25, 0.3) is 0 Å². The standard InChI is InChI=1S/C29H32F2N6O3/c1-29(2,3)40-28(38)36-10-9-22-17(16-36)7-8-24(33-22)34-27-32-15-21(31)25(35-27)18-13-20(30)26-23(14-18)37(11-12-39-26)19-5-4-6-19/h7-8,13-15,19H,4-6,9-12,16H2,1-3H3,(H,32,33,34,35). The number of hydrogen-bond donors (Lipinski definition) is 1. The van der Waals surface area contributed by atoms with Gasteiger partial charge in [0.1, 0.15) is 23.7 Å². The largest absolute Gasteiger partial charge is 0.486 e. The molecule has 3 aliphatic rings. The maximum absolute atomic E-state index is 15.1. The van der Waals surface area contributed by atoms with E-state index in [1.165, 1.54) is 6.07 Å². The maximum atomic E-state index is 15.1. The number of benzene rings is 1. The summed E-state index contributed by atoms with van der Waals surface area (Å²) in [5.74, 6) is -0.361. The molecular weight excluding hydrogens is 518 g/mol. The Balaban J connectivity index is 1.22. The lowest BCUT2D eigenvalue weighted by Gasteiger charge is -2.42. The van der Waals surface area contributed by atoms with Gasteiger partial charge in [-0.25, -0.2) is 28.5 Å². The van der Waals surface area contributed by atoms with Crippen LogP contribution in [0.15, 0.2) is 30.5 Å². The molecule has 1 saturated carbocycles. The molecule has 2 aromatic heterocycles. The van der Waals surface area contributed by atoms with E-state index in [0.717, 1.165) is 36.7 Å². The number of halogens is 2. The number of carbonyl (C=O) groups is 1. The van der Waals surface area contributed by atoms with Gasteiger partial charge in [0.15, 0.2) is 17.4 Å². The normalized spacial score (nSPS) is 16.9. The first-order valence-corrected chi connectivity index (χ1v) is 13.6. The van der Waals surface area contributed by atoms with E-state index in [-0.39, 0.29) is 23.5 Å². The minimum Gasteiger partial charge on any atom is -0.486 e. The molecule has 0 spiro atoms. The van der Waals surface area contributed by atoms with E-state index in [4.69, 9.17) is 9.47 Å². The van der Waals surface area contributed by atoms with Gasteiger partial charge in [-0.3, -0.25) is 0 Å². The van der Waals surface area contributed by atoms with Gasteiger partial charge in [-0.05, 0) is 63.8 Å². The van der Waals surface area contributed by atoms with Crippen LogP contribution in [0.5, 0.6) is 5.75 Å². The molecule has 1 amide bonds. The van der Waals surface area contributed by atoms with Crippen molar-refractivity contribution in [1.82, 2.24) is 19.9 Å². The Morgan fingerprint density at radius 1 is 1.12 bits per heavy atom. The number of ether oxygens (including phenoxy) is 2. The first-order chi connectivity index (χ1) is 19.1. The second-order valence-corrected chi connectivity index (χ2v) is 11.4. The van der Waals surface area contributed by atoms with Crippen molar-refractivity contribution < 1.29 is 23.0 Å². The van der Waals surface area contributed by atoms with E-state index in [0.29, 0.717) is 55.8 Å². The van der Waals surface area contributed by atoms with Crippen LogP contribution in [0.3, 0.4) is 0 Å². The van der Waals surface area contributed by atoms with E-state index in [9.17, 15) is 9.18 Å². The average Bonchev–Trinajstić information content (AvgIpc) is 2.88. The molecule has 1 N–H and O–H groups in total. The van der Waals surface area contributed by atoms with Crippen LogP contribution in [0.25, 0.3) is 11.3 Å². The second kappa shape index (κ2) is 10.2.